The van der Waals surface area contributed by atoms with E-state index >= 15 is 0 Å². The molecule has 1 aliphatic rings. The number of rotatable bonds is 3. The van der Waals surface area contributed by atoms with E-state index in [-0.39, 0.29) is 18.1 Å². The lowest BCUT2D eigenvalue weighted by atomic mass is 9.88. The molecule has 0 aliphatic carbocycles. The van der Waals surface area contributed by atoms with Crippen LogP contribution in [0.15, 0.2) is 30.3 Å². The van der Waals surface area contributed by atoms with E-state index in [9.17, 15) is 9.59 Å². The van der Waals surface area contributed by atoms with E-state index in [4.69, 9.17) is 9.47 Å². The van der Waals surface area contributed by atoms with Crippen molar-refractivity contribution in [2.45, 2.75) is 64.0 Å². The molecule has 2 atom stereocenters. The summed E-state index contributed by atoms with van der Waals surface area (Å²) in [5.41, 5.74) is 0.302. The highest BCUT2D eigenvalue weighted by molar-refractivity contribution is 5.80. The lowest BCUT2D eigenvalue weighted by Gasteiger charge is -2.36. The van der Waals surface area contributed by atoms with Crippen LogP contribution in [0, 0.1) is 0 Å². The van der Waals surface area contributed by atoms with E-state index in [1.165, 1.54) is 7.11 Å². The van der Waals surface area contributed by atoms with Gasteiger partial charge in [0.1, 0.15) is 11.5 Å². The minimum atomic E-state index is -0.568. The summed E-state index contributed by atoms with van der Waals surface area (Å²) in [5, 5.41) is 0. The van der Waals surface area contributed by atoms with Gasteiger partial charge in [0.25, 0.3) is 0 Å². The Bertz CT molecular complexity index is 579. The molecule has 5 heteroatoms. The van der Waals surface area contributed by atoms with Gasteiger partial charge in [-0.25, -0.2) is 4.79 Å². The van der Waals surface area contributed by atoms with Crippen LogP contribution in [-0.2, 0) is 14.3 Å². The molecule has 0 bridgehead atoms. The number of carbonyl (C=O) groups is 2. The molecule has 1 amide bonds. The first-order chi connectivity index (χ1) is 11.8. The van der Waals surface area contributed by atoms with Gasteiger partial charge in [0.05, 0.1) is 13.2 Å². The van der Waals surface area contributed by atoms with Crippen molar-refractivity contribution in [3.8, 4) is 0 Å². The predicted octanol–water partition coefficient (Wildman–Crippen LogP) is 4.12. The Hall–Kier alpha value is -2.04. The van der Waals surface area contributed by atoms with Crippen molar-refractivity contribution in [3.05, 3.63) is 35.9 Å². The fourth-order valence-electron chi connectivity index (χ4n) is 3.33. The normalized spacial score (nSPS) is 19.7. The summed E-state index contributed by atoms with van der Waals surface area (Å²) in [5.74, 6) is -0.816. The van der Waals surface area contributed by atoms with E-state index in [1.54, 1.807) is 4.90 Å². The average Bonchev–Trinajstić information content (AvgIpc) is 2.80. The maximum Gasteiger partial charge on any atom is 0.410 e. The van der Waals surface area contributed by atoms with Crippen molar-refractivity contribution in [3.63, 3.8) is 0 Å². The Kier molecular flexibility index (Phi) is 6.45. The second kappa shape index (κ2) is 8.37. The summed E-state index contributed by atoms with van der Waals surface area (Å²) < 4.78 is 10.7. The number of benzene rings is 1. The third-order valence-electron chi connectivity index (χ3n) is 4.43. The maximum atomic E-state index is 12.8. The molecule has 1 heterocycles. The molecule has 0 N–H and O–H groups in total. The van der Waals surface area contributed by atoms with Gasteiger partial charge >= 0.3 is 12.1 Å². The zero-order chi connectivity index (χ0) is 18.4. The van der Waals surface area contributed by atoms with Crippen molar-refractivity contribution < 1.29 is 19.1 Å². The van der Waals surface area contributed by atoms with Gasteiger partial charge in [-0.2, -0.15) is 0 Å². The molecule has 0 unspecified atom stereocenters. The first-order valence-electron chi connectivity index (χ1n) is 8.96. The number of amides is 1. The molecule has 25 heavy (non-hydrogen) atoms. The van der Waals surface area contributed by atoms with Crippen LogP contribution in [0.3, 0.4) is 0 Å². The van der Waals surface area contributed by atoms with Gasteiger partial charge in [-0.1, -0.05) is 43.2 Å². The number of hydrogen-bond acceptors (Lipinski definition) is 4. The molecular formula is C20H29NO4. The van der Waals surface area contributed by atoms with Crippen molar-refractivity contribution >= 4 is 12.1 Å². The topological polar surface area (TPSA) is 55.8 Å². The Morgan fingerprint density at radius 3 is 2.40 bits per heavy atom. The zero-order valence-electron chi connectivity index (χ0n) is 15.7. The second-order valence-corrected chi connectivity index (χ2v) is 7.50. The van der Waals surface area contributed by atoms with Crippen molar-refractivity contribution in [1.82, 2.24) is 4.90 Å². The lowest BCUT2D eigenvalue weighted by Crippen LogP contribution is -2.47. The minimum absolute atomic E-state index is 0.257. The van der Waals surface area contributed by atoms with Crippen LogP contribution in [0.4, 0.5) is 4.79 Å². The Balaban J connectivity index is 2.36. The van der Waals surface area contributed by atoms with Gasteiger partial charge in [0, 0.05) is 6.54 Å². The van der Waals surface area contributed by atoms with Crippen LogP contribution < -0.4 is 0 Å². The molecule has 1 aromatic rings. The SMILES string of the molecule is COC(=O)[C@H](c1ccccc1)[C@@H]1CCCCCN1C(=O)OC(C)(C)C. The largest absolute Gasteiger partial charge is 0.468 e. The molecule has 5 nitrogen and oxygen atoms in total. The van der Waals surface area contributed by atoms with Crippen LogP contribution in [0.2, 0.25) is 0 Å². The van der Waals surface area contributed by atoms with E-state index < -0.39 is 11.5 Å². The van der Waals surface area contributed by atoms with E-state index in [0.29, 0.717) is 6.54 Å². The molecule has 1 aliphatic heterocycles. The number of nitrogens with zero attached hydrogens (tertiary/aromatic N) is 1. The molecule has 1 aromatic carbocycles. The van der Waals surface area contributed by atoms with Gasteiger partial charge in [-0.05, 0) is 39.2 Å². The monoisotopic (exact) mass is 347 g/mol. The van der Waals surface area contributed by atoms with Crippen LogP contribution in [0.25, 0.3) is 0 Å². The van der Waals surface area contributed by atoms with Gasteiger partial charge in [-0.15, -0.1) is 0 Å². The summed E-state index contributed by atoms with van der Waals surface area (Å²) in [4.78, 5) is 27.1. The maximum absolute atomic E-state index is 12.8. The predicted molar refractivity (Wildman–Crippen MR) is 96.4 cm³/mol. The fourth-order valence-corrected chi connectivity index (χ4v) is 3.33. The molecule has 0 saturated carbocycles. The highest BCUT2D eigenvalue weighted by Gasteiger charge is 2.39. The number of esters is 1. The molecule has 0 spiro atoms. The molecule has 138 valence electrons. The Morgan fingerprint density at radius 1 is 1.12 bits per heavy atom. The summed E-state index contributed by atoms with van der Waals surface area (Å²) in [6.07, 6.45) is 3.33. The van der Waals surface area contributed by atoms with Crippen molar-refractivity contribution in [2.24, 2.45) is 0 Å². The van der Waals surface area contributed by atoms with Crippen LogP contribution in [0.5, 0.6) is 0 Å². The standard InChI is InChI=1S/C20H29NO4/c1-20(2,3)25-19(23)21-14-10-6-9-13-16(21)17(18(22)24-4)15-11-7-5-8-12-15/h5,7-8,11-12,16-17H,6,9-10,13-14H2,1-4H3/t16-,17+/m0/s1. The molecule has 0 aromatic heterocycles. The van der Waals surface area contributed by atoms with E-state index in [0.717, 1.165) is 31.2 Å². The number of ether oxygens (including phenoxy) is 2. The van der Waals surface area contributed by atoms with Crippen molar-refractivity contribution in [1.29, 1.82) is 0 Å². The van der Waals surface area contributed by atoms with Gasteiger partial charge in [-0.3, -0.25) is 4.79 Å². The molecule has 0 radical (unpaired) electrons. The quantitative estimate of drug-likeness (QED) is 0.772. The summed E-state index contributed by atoms with van der Waals surface area (Å²) >= 11 is 0. The summed E-state index contributed by atoms with van der Waals surface area (Å²) in [6.45, 7) is 6.16. The molecule has 2 rings (SSSR count). The fraction of sp³-hybridized carbons (Fsp3) is 0.600. The highest BCUT2D eigenvalue weighted by atomic mass is 16.6. The number of likely N-dealkylation sites (tertiary alicyclic amines) is 1. The molecule has 1 saturated heterocycles. The first-order valence-corrected chi connectivity index (χ1v) is 8.96. The lowest BCUT2D eigenvalue weighted by molar-refractivity contribution is -0.144. The van der Waals surface area contributed by atoms with Crippen LogP contribution in [-0.4, -0.2) is 42.3 Å². The third-order valence-corrected chi connectivity index (χ3v) is 4.43. The summed E-state index contributed by atoms with van der Waals surface area (Å²) in [7, 11) is 1.40. The molecular weight excluding hydrogens is 318 g/mol. The Labute approximate surface area is 150 Å². The highest BCUT2D eigenvalue weighted by Crippen LogP contribution is 2.32. The number of carbonyl (C=O) groups excluding carboxylic acids is 2. The van der Waals surface area contributed by atoms with E-state index in [1.807, 2.05) is 51.1 Å². The van der Waals surface area contributed by atoms with Gasteiger partial charge in [0.15, 0.2) is 0 Å². The smallest absolute Gasteiger partial charge is 0.410 e. The number of methoxy groups -OCH3 is 1. The zero-order valence-corrected chi connectivity index (χ0v) is 15.7. The number of hydrogen-bond donors (Lipinski definition) is 0. The van der Waals surface area contributed by atoms with Crippen LogP contribution >= 0.6 is 0 Å². The minimum Gasteiger partial charge on any atom is -0.468 e. The van der Waals surface area contributed by atoms with Gasteiger partial charge < -0.3 is 14.4 Å². The first kappa shape index (κ1) is 19.3. The summed E-state index contributed by atoms with van der Waals surface area (Å²) in [6, 6.07) is 9.29. The van der Waals surface area contributed by atoms with Crippen LogP contribution in [0.1, 0.15) is 57.9 Å². The Morgan fingerprint density at radius 2 is 1.80 bits per heavy atom. The van der Waals surface area contributed by atoms with Gasteiger partial charge in [0.2, 0.25) is 0 Å². The van der Waals surface area contributed by atoms with Crippen molar-refractivity contribution in [2.75, 3.05) is 13.7 Å². The van der Waals surface area contributed by atoms with E-state index in [2.05, 4.69) is 0 Å². The molecule has 1 fully saturated rings. The third kappa shape index (κ3) is 5.21. The second-order valence-electron chi connectivity index (χ2n) is 7.50. The average molecular weight is 347 g/mol.